The monoisotopic (exact) mass is 436 g/mol. The maximum atomic E-state index is 9.36. The molecule has 0 unspecified atom stereocenters. The Morgan fingerprint density at radius 2 is 1.47 bits per heavy atom. The second-order valence-electron chi connectivity index (χ2n) is 9.90. The summed E-state index contributed by atoms with van der Waals surface area (Å²) >= 11 is 0. The van der Waals surface area contributed by atoms with Crippen LogP contribution in [0.5, 0.6) is 0 Å². The molecular formula is C30H44O2. The van der Waals surface area contributed by atoms with Gasteiger partial charge in [-0.2, -0.15) is 0 Å². The molecule has 2 heteroatoms. The van der Waals surface area contributed by atoms with Gasteiger partial charge in [0.2, 0.25) is 0 Å². The van der Waals surface area contributed by atoms with Crippen molar-refractivity contribution in [2.75, 3.05) is 13.2 Å². The first kappa shape index (κ1) is 25.0. The summed E-state index contributed by atoms with van der Waals surface area (Å²) in [5.74, 6) is 1.56. The molecule has 2 N–H and O–H groups in total. The van der Waals surface area contributed by atoms with Crippen LogP contribution in [-0.4, -0.2) is 23.4 Å². The van der Waals surface area contributed by atoms with Gasteiger partial charge in [-0.05, 0) is 84.6 Å². The molecule has 2 nitrogen and oxygen atoms in total. The molecule has 0 spiro atoms. The number of aryl methyl sites for hydroxylation is 3. The number of unbranched alkanes of at least 4 members (excludes halogenated alkanes) is 2. The molecule has 1 aliphatic rings. The summed E-state index contributed by atoms with van der Waals surface area (Å²) in [4.78, 5) is 0. The van der Waals surface area contributed by atoms with Gasteiger partial charge in [0, 0.05) is 5.92 Å². The maximum absolute atomic E-state index is 9.36. The van der Waals surface area contributed by atoms with E-state index in [2.05, 4.69) is 44.2 Å². The van der Waals surface area contributed by atoms with Crippen molar-refractivity contribution >= 4 is 0 Å². The molecular weight excluding hydrogens is 392 g/mol. The molecule has 0 radical (unpaired) electrons. The standard InChI is InChI=1S/C30H44O2/c1-3-5-6-7-23-12-17-28(18-13-23)30-19-14-25(20-26(30)4-2)9-8-24-10-15-27(16-11-24)29(21-31)22-32/h10-11,14-16,19-20,23,28-29,31-32H,3-9,12-13,17-18,21-22H2,1-2H3. The summed E-state index contributed by atoms with van der Waals surface area (Å²) in [5, 5.41) is 18.7. The van der Waals surface area contributed by atoms with Crippen LogP contribution in [0.4, 0.5) is 0 Å². The van der Waals surface area contributed by atoms with Crippen LogP contribution in [0, 0.1) is 5.92 Å². The third-order valence-corrected chi connectivity index (χ3v) is 7.69. The molecule has 0 aliphatic heterocycles. The van der Waals surface area contributed by atoms with Crippen molar-refractivity contribution in [1.82, 2.24) is 0 Å². The highest BCUT2D eigenvalue weighted by molar-refractivity contribution is 5.36. The molecule has 1 aliphatic carbocycles. The Kier molecular flexibility index (Phi) is 10.3. The molecule has 0 amide bonds. The minimum Gasteiger partial charge on any atom is -0.396 e. The second-order valence-corrected chi connectivity index (χ2v) is 9.90. The summed E-state index contributed by atoms with van der Waals surface area (Å²) in [5.41, 5.74) is 6.93. The van der Waals surface area contributed by atoms with Gasteiger partial charge in [0.25, 0.3) is 0 Å². The van der Waals surface area contributed by atoms with E-state index in [9.17, 15) is 10.2 Å². The van der Waals surface area contributed by atoms with E-state index in [1.165, 1.54) is 62.5 Å². The molecule has 1 saturated carbocycles. The van der Waals surface area contributed by atoms with Crippen molar-refractivity contribution in [3.8, 4) is 0 Å². The molecule has 0 atom stereocenters. The van der Waals surface area contributed by atoms with Gasteiger partial charge < -0.3 is 10.2 Å². The van der Waals surface area contributed by atoms with E-state index in [0.29, 0.717) is 0 Å². The Bertz CT molecular complexity index is 783. The van der Waals surface area contributed by atoms with Crippen molar-refractivity contribution in [2.45, 2.75) is 96.3 Å². The fourth-order valence-electron chi connectivity index (χ4n) is 5.48. The van der Waals surface area contributed by atoms with E-state index >= 15 is 0 Å². The van der Waals surface area contributed by atoms with Crippen molar-refractivity contribution in [1.29, 1.82) is 0 Å². The van der Waals surface area contributed by atoms with E-state index in [-0.39, 0.29) is 19.1 Å². The minimum absolute atomic E-state index is 0.0114. The fraction of sp³-hybridized carbons (Fsp3) is 0.600. The quantitative estimate of drug-likeness (QED) is 0.353. The van der Waals surface area contributed by atoms with E-state index < -0.39 is 0 Å². The number of rotatable bonds is 12. The number of aliphatic hydroxyl groups is 2. The zero-order chi connectivity index (χ0) is 22.8. The van der Waals surface area contributed by atoms with Gasteiger partial charge >= 0.3 is 0 Å². The highest BCUT2D eigenvalue weighted by Crippen LogP contribution is 2.39. The largest absolute Gasteiger partial charge is 0.396 e. The van der Waals surface area contributed by atoms with Gasteiger partial charge in [-0.3, -0.25) is 0 Å². The lowest BCUT2D eigenvalue weighted by molar-refractivity contribution is 0.192. The lowest BCUT2D eigenvalue weighted by Gasteiger charge is -2.30. The van der Waals surface area contributed by atoms with Crippen LogP contribution >= 0.6 is 0 Å². The molecule has 2 aromatic rings. The molecule has 32 heavy (non-hydrogen) atoms. The zero-order valence-electron chi connectivity index (χ0n) is 20.4. The third-order valence-electron chi connectivity index (χ3n) is 7.69. The van der Waals surface area contributed by atoms with Crippen molar-refractivity contribution in [3.63, 3.8) is 0 Å². The first-order chi connectivity index (χ1) is 15.7. The van der Waals surface area contributed by atoms with Gasteiger partial charge in [-0.25, -0.2) is 0 Å². The number of benzene rings is 2. The van der Waals surface area contributed by atoms with E-state index in [0.717, 1.165) is 36.7 Å². The van der Waals surface area contributed by atoms with Gasteiger partial charge in [0.15, 0.2) is 0 Å². The zero-order valence-corrected chi connectivity index (χ0v) is 20.4. The maximum Gasteiger partial charge on any atom is 0.0521 e. The number of hydrogen-bond donors (Lipinski definition) is 2. The van der Waals surface area contributed by atoms with Gasteiger partial charge in [0.1, 0.15) is 0 Å². The average molecular weight is 437 g/mol. The molecule has 0 bridgehead atoms. The summed E-state index contributed by atoms with van der Waals surface area (Å²) in [7, 11) is 0. The Balaban J connectivity index is 1.55. The molecule has 3 rings (SSSR count). The van der Waals surface area contributed by atoms with Crippen molar-refractivity contribution in [2.24, 2.45) is 5.92 Å². The first-order valence-corrected chi connectivity index (χ1v) is 13.1. The summed E-state index contributed by atoms with van der Waals surface area (Å²) in [6.07, 6.45) is 14.4. The predicted molar refractivity (Wildman–Crippen MR) is 135 cm³/mol. The topological polar surface area (TPSA) is 40.5 Å². The Morgan fingerprint density at radius 1 is 0.812 bits per heavy atom. The second kappa shape index (κ2) is 13.2. The smallest absolute Gasteiger partial charge is 0.0521 e. The fourth-order valence-corrected chi connectivity index (χ4v) is 5.48. The van der Waals surface area contributed by atoms with Crippen LogP contribution < -0.4 is 0 Å². The SMILES string of the molecule is CCCCCC1CCC(c2ccc(CCc3ccc(C(CO)CO)cc3)cc2CC)CC1. The summed E-state index contributed by atoms with van der Waals surface area (Å²) < 4.78 is 0. The van der Waals surface area contributed by atoms with Crippen LogP contribution in [0.1, 0.15) is 105 Å². The van der Waals surface area contributed by atoms with Gasteiger partial charge in [-0.1, -0.05) is 82.0 Å². The minimum atomic E-state index is -0.171. The number of hydrogen-bond acceptors (Lipinski definition) is 2. The molecule has 176 valence electrons. The predicted octanol–water partition coefficient (Wildman–Crippen LogP) is 6.96. The van der Waals surface area contributed by atoms with E-state index in [4.69, 9.17) is 0 Å². The molecule has 0 aromatic heterocycles. The Morgan fingerprint density at radius 3 is 2.09 bits per heavy atom. The van der Waals surface area contributed by atoms with Crippen LogP contribution in [0.25, 0.3) is 0 Å². The van der Waals surface area contributed by atoms with Crippen LogP contribution in [0.15, 0.2) is 42.5 Å². The average Bonchev–Trinajstić information content (AvgIpc) is 2.85. The highest BCUT2D eigenvalue weighted by atomic mass is 16.3. The van der Waals surface area contributed by atoms with Crippen molar-refractivity contribution in [3.05, 3.63) is 70.3 Å². The first-order valence-electron chi connectivity index (χ1n) is 13.1. The number of aliphatic hydroxyl groups excluding tert-OH is 2. The van der Waals surface area contributed by atoms with Crippen molar-refractivity contribution < 1.29 is 10.2 Å². The molecule has 1 fully saturated rings. The van der Waals surface area contributed by atoms with Crippen LogP contribution in [-0.2, 0) is 19.3 Å². The van der Waals surface area contributed by atoms with Crippen LogP contribution in [0.3, 0.4) is 0 Å². The Labute approximate surface area is 196 Å². The van der Waals surface area contributed by atoms with E-state index in [1.807, 2.05) is 12.1 Å². The normalized spacial score (nSPS) is 18.9. The summed E-state index contributed by atoms with van der Waals surface area (Å²) in [6.45, 7) is 4.58. The van der Waals surface area contributed by atoms with Gasteiger partial charge in [0.05, 0.1) is 13.2 Å². The lowest BCUT2D eigenvalue weighted by Crippen LogP contribution is -2.14. The Hall–Kier alpha value is -1.64. The molecule has 0 heterocycles. The van der Waals surface area contributed by atoms with E-state index in [1.54, 1.807) is 11.1 Å². The van der Waals surface area contributed by atoms with Gasteiger partial charge in [-0.15, -0.1) is 0 Å². The lowest BCUT2D eigenvalue weighted by atomic mass is 9.75. The molecule has 2 aromatic carbocycles. The van der Waals surface area contributed by atoms with Crippen LogP contribution in [0.2, 0.25) is 0 Å². The highest BCUT2D eigenvalue weighted by Gasteiger charge is 2.23. The third kappa shape index (κ3) is 6.93. The summed E-state index contributed by atoms with van der Waals surface area (Å²) in [6, 6.07) is 15.6. The molecule has 0 saturated heterocycles.